The van der Waals surface area contributed by atoms with Crippen molar-refractivity contribution >= 4 is 22.8 Å². The van der Waals surface area contributed by atoms with Crippen LogP contribution in [0.2, 0.25) is 0 Å². The number of benzene rings is 1. The molecule has 3 aliphatic rings. The Hall–Kier alpha value is -3.72. The molecule has 2 atom stereocenters. The van der Waals surface area contributed by atoms with Crippen LogP contribution >= 0.6 is 0 Å². The fourth-order valence-electron chi connectivity index (χ4n) is 4.88. The van der Waals surface area contributed by atoms with Gasteiger partial charge in [-0.2, -0.15) is 0 Å². The van der Waals surface area contributed by atoms with E-state index in [1.165, 1.54) is 0 Å². The van der Waals surface area contributed by atoms with E-state index in [4.69, 9.17) is 4.74 Å². The number of nitrogens with zero attached hydrogens (tertiary/aromatic N) is 3. The first-order chi connectivity index (χ1) is 15.5. The van der Waals surface area contributed by atoms with Crippen molar-refractivity contribution in [3.05, 3.63) is 54.2 Å². The number of aromatic amines is 1. The molecule has 9 nitrogen and oxygen atoms in total. The number of hydrogen-bond donors (Lipinski definition) is 3. The lowest BCUT2D eigenvalue weighted by molar-refractivity contribution is -0.137. The molecule has 2 aromatic heterocycles. The first-order valence-corrected chi connectivity index (χ1v) is 10.5. The number of para-hydroxylation sites is 1. The molecule has 3 aromatic rings. The molecule has 3 saturated heterocycles. The third kappa shape index (κ3) is 3.60. The number of carboxylic acid groups (broad SMARTS) is 2. The summed E-state index contributed by atoms with van der Waals surface area (Å²) in [6, 6.07) is 10.8. The summed E-state index contributed by atoms with van der Waals surface area (Å²) >= 11 is 0. The number of carboxylic acids is 2. The van der Waals surface area contributed by atoms with Crippen molar-refractivity contribution in [2.75, 3.05) is 13.1 Å². The van der Waals surface area contributed by atoms with Crippen LogP contribution < -0.4 is 4.74 Å². The molecule has 3 N–H and O–H groups in total. The fourth-order valence-corrected chi connectivity index (χ4v) is 4.88. The number of rotatable bonds is 6. The molecular weight excluding hydrogens is 412 g/mol. The second-order valence-electron chi connectivity index (χ2n) is 8.15. The summed E-state index contributed by atoms with van der Waals surface area (Å²) in [6.45, 7) is 1.43. The molecule has 32 heavy (non-hydrogen) atoms. The first kappa shape index (κ1) is 20.2. The molecule has 5 heterocycles. The second kappa shape index (κ2) is 8.08. The minimum atomic E-state index is -1.29. The Bertz CT molecular complexity index is 1190. The predicted molar refractivity (Wildman–Crippen MR) is 115 cm³/mol. The van der Waals surface area contributed by atoms with E-state index < -0.39 is 24.1 Å². The molecule has 0 aliphatic carbocycles. The summed E-state index contributed by atoms with van der Waals surface area (Å²) < 4.78 is 6.15. The molecular formula is C23H22N4O5. The molecule has 9 heteroatoms. The van der Waals surface area contributed by atoms with Gasteiger partial charge in [0.1, 0.15) is 6.10 Å². The van der Waals surface area contributed by atoms with Crippen molar-refractivity contribution in [1.29, 1.82) is 0 Å². The van der Waals surface area contributed by atoms with E-state index in [1.807, 2.05) is 41.4 Å². The van der Waals surface area contributed by atoms with Gasteiger partial charge < -0.3 is 19.9 Å². The van der Waals surface area contributed by atoms with Crippen LogP contribution in [0, 0.1) is 5.92 Å². The smallest absolute Gasteiger partial charge is 0.333 e. The zero-order chi connectivity index (χ0) is 22.2. The molecule has 0 spiro atoms. The van der Waals surface area contributed by atoms with Crippen LogP contribution in [0.15, 0.2) is 54.2 Å². The topological polar surface area (TPSA) is 129 Å². The molecule has 2 bridgehead atoms. The highest BCUT2D eigenvalue weighted by Crippen LogP contribution is 2.38. The number of H-pyrrole nitrogens is 1. The molecule has 3 fully saturated rings. The SMILES string of the molecule is O=C(O)/C=C(/C(=O)O)C1[C@@H](Oc2ccc(-c3c[nH]c4ccccc34)nn2)C2CCN1CC2. The second-order valence-corrected chi connectivity index (χ2v) is 8.15. The van der Waals surface area contributed by atoms with E-state index >= 15 is 0 Å². The number of nitrogens with one attached hydrogen (secondary N) is 1. The third-order valence-corrected chi connectivity index (χ3v) is 6.35. The number of aromatic nitrogens is 3. The highest BCUT2D eigenvalue weighted by molar-refractivity contribution is 5.96. The van der Waals surface area contributed by atoms with Crippen LogP contribution in [-0.2, 0) is 9.59 Å². The van der Waals surface area contributed by atoms with Crippen LogP contribution in [0.4, 0.5) is 0 Å². The summed E-state index contributed by atoms with van der Waals surface area (Å²) in [4.78, 5) is 28.3. The zero-order valence-electron chi connectivity index (χ0n) is 17.1. The summed E-state index contributed by atoms with van der Waals surface area (Å²) in [5.74, 6) is -2.12. The lowest BCUT2D eigenvalue weighted by atomic mass is 9.77. The molecule has 0 saturated carbocycles. The van der Waals surface area contributed by atoms with Crippen LogP contribution in [0.3, 0.4) is 0 Å². The molecule has 6 rings (SSSR count). The number of ether oxygens (including phenoxy) is 1. The Morgan fingerprint density at radius 2 is 1.88 bits per heavy atom. The van der Waals surface area contributed by atoms with Crippen molar-refractivity contribution in [1.82, 2.24) is 20.1 Å². The number of carbonyl (C=O) groups is 2. The standard InChI is InChI=1S/C23H22N4O5/c28-20(29)11-15(23(30)31)21-22(13-7-9-27(21)10-8-13)32-19-6-5-18(25-26-19)16-12-24-17-4-2-1-3-14(16)17/h1-6,11-13,21-22,24H,7-10H2,(H,28,29)(H,30,31)/b15-11+/t21?,22-/m0/s1. The van der Waals surface area contributed by atoms with Gasteiger partial charge in [-0.25, -0.2) is 9.59 Å². The number of piperidine rings is 3. The minimum absolute atomic E-state index is 0.122. The monoisotopic (exact) mass is 434 g/mol. The van der Waals surface area contributed by atoms with Crippen molar-refractivity contribution < 1.29 is 24.5 Å². The zero-order valence-corrected chi connectivity index (χ0v) is 17.1. The Morgan fingerprint density at radius 1 is 1.09 bits per heavy atom. The molecule has 1 unspecified atom stereocenters. The predicted octanol–water partition coefficient (Wildman–Crippen LogP) is 2.56. The average molecular weight is 434 g/mol. The first-order valence-electron chi connectivity index (χ1n) is 10.5. The van der Waals surface area contributed by atoms with Gasteiger partial charge in [0, 0.05) is 40.7 Å². The highest BCUT2D eigenvalue weighted by atomic mass is 16.5. The maximum absolute atomic E-state index is 11.8. The average Bonchev–Trinajstić information content (AvgIpc) is 3.23. The van der Waals surface area contributed by atoms with Crippen molar-refractivity contribution in [3.63, 3.8) is 0 Å². The fraction of sp³-hybridized carbons (Fsp3) is 0.304. The van der Waals surface area contributed by atoms with Crippen molar-refractivity contribution in [2.24, 2.45) is 5.92 Å². The maximum atomic E-state index is 11.8. The quantitative estimate of drug-likeness (QED) is 0.505. The summed E-state index contributed by atoms with van der Waals surface area (Å²) in [6.07, 6.45) is 3.88. The van der Waals surface area contributed by atoms with Gasteiger partial charge in [-0.05, 0) is 38.1 Å². The number of hydrogen-bond acceptors (Lipinski definition) is 6. The van der Waals surface area contributed by atoms with Crippen LogP contribution in [0.1, 0.15) is 12.8 Å². The Kier molecular flexibility index (Phi) is 5.10. The van der Waals surface area contributed by atoms with Crippen LogP contribution in [-0.4, -0.2) is 67.5 Å². The van der Waals surface area contributed by atoms with Gasteiger partial charge >= 0.3 is 11.9 Å². The van der Waals surface area contributed by atoms with Gasteiger partial charge in [0.25, 0.3) is 0 Å². The maximum Gasteiger partial charge on any atom is 0.333 e. The van der Waals surface area contributed by atoms with E-state index in [2.05, 4.69) is 15.2 Å². The summed E-state index contributed by atoms with van der Waals surface area (Å²) in [5, 5.41) is 28.4. The molecule has 3 aliphatic heterocycles. The normalized spacial score (nSPS) is 25.1. The largest absolute Gasteiger partial charge is 0.478 e. The lowest BCUT2D eigenvalue weighted by Crippen LogP contribution is -2.61. The van der Waals surface area contributed by atoms with Crippen LogP contribution in [0.5, 0.6) is 5.88 Å². The van der Waals surface area contributed by atoms with E-state index in [0.717, 1.165) is 35.4 Å². The molecule has 1 aromatic carbocycles. The number of aliphatic carboxylic acids is 2. The Balaban J connectivity index is 1.43. The van der Waals surface area contributed by atoms with Gasteiger partial charge in [0.2, 0.25) is 5.88 Å². The Labute approximate surface area is 183 Å². The van der Waals surface area contributed by atoms with Gasteiger partial charge in [0.05, 0.1) is 17.3 Å². The van der Waals surface area contributed by atoms with Gasteiger partial charge in [-0.1, -0.05) is 18.2 Å². The third-order valence-electron chi connectivity index (χ3n) is 6.35. The molecule has 0 amide bonds. The van der Waals surface area contributed by atoms with Crippen molar-refractivity contribution in [3.8, 4) is 17.1 Å². The van der Waals surface area contributed by atoms with Crippen LogP contribution in [0.25, 0.3) is 22.2 Å². The van der Waals surface area contributed by atoms with E-state index in [9.17, 15) is 19.8 Å². The summed E-state index contributed by atoms with van der Waals surface area (Å²) in [5.41, 5.74) is 2.46. The van der Waals surface area contributed by atoms with Crippen molar-refractivity contribution in [2.45, 2.75) is 25.0 Å². The molecule has 164 valence electrons. The lowest BCUT2D eigenvalue weighted by Gasteiger charge is -2.50. The van der Waals surface area contributed by atoms with E-state index in [1.54, 1.807) is 6.07 Å². The number of fused-ring (bicyclic) bond motifs is 4. The van der Waals surface area contributed by atoms with Gasteiger partial charge in [-0.3, -0.25) is 4.90 Å². The van der Waals surface area contributed by atoms with E-state index in [-0.39, 0.29) is 17.4 Å². The molecule has 0 radical (unpaired) electrons. The Morgan fingerprint density at radius 3 is 2.56 bits per heavy atom. The van der Waals surface area contributed by atoms with Gasteiger partial charge in [0.15, 0.2) is 0 Å². The highest BCUT2D eigenvalue weighted by Gasteiger charge is 2.47. The summed E-state index contributed by atoms with van der Waals surface area (Å²) in [7, 11) is 0. The minimum Gasteiger partial charge on any atom is -0.478 e. The van der Waals surface area contributed by atoms with E-state index in [0.29, 0.717) is 18.8 Å². The van der Waals surface area contributed by atoms with Gasteiger partial charge in [-0.15, -0.1) is 10.2 Å².